The lowest BCUT2D eigenvalue weighted by Gasteiger charge is -2.37. The molecule has 2 aromatic carbocycles. The van der Waals surface area contributed by atoms with Crippen molar-refractivity contribution in [3.63, 3.8) is 0 Å². The van der Waals surface area contributed by atoms with Crippen molar-refractivity contribution in [1.29, 1.82) is 0 Å². The number of hydrogen-bond donors (Lipinski definition) is 0. The van der Waals surface area contributed by atoms with Gasteiger partial charge < -0.3 is 0 Å². The average Bonchev–Trinajstić information content (AvgIpc) is 3.39. The summed E-state index contributed by atoms with van der Waals surface area (Å²) in [4.78, 5) is 5.25. The molecular weight excluding hydrogens is 364 g/mol. The molecule has 4 rings (SSSR count). The van der Waals surface area contributed by atoms with Crippen LogP contribution < -0.4 is 0 Å². The molecule has 2 fully saturated rings. The van der Waals surface area contributed by atoms with Crippen LogP contribution in [0.4, 0.5) is 0 Å². The van der Waals surface area contributed by atoms with Crippen LogP contribution in [0.15, 0.2) is 60.7 Å². The van der Waals surface area contributed by atoms with E-state index in [1.165, 1.54) is 49.9 Å². The third-order valence-electron chi connectivity index (χ3n) is 6.60. The number of hydrogen-bond acceptors (Lipinski definition) is 2. The number of benzene rings is 2. The highest BCUT2D eigenvalue weighted by Gasteiger charge is 2.34. The third-order valence-corrected chi connectivity index (χ3v) is 6.60. The molecule has 0 bridgehead atoms. The van der Waals surface area contributed by atoms with Gasteiger partial charge in [0.15, 0.2) is 0 Å². The van der Waals surface area contributed by atoms with Gasteiger partial charge in [-0.25, -0.2) is 0 Å². The Balaban J connectivity index is 0.000000171. The van der Waals surface area contributed by atoms with Crippen LogP contribution in [0, 0.1) is 0 Å². The predicted molar refractivity (Wildman–Crippen MR) is 130 cm³/mol. The van der Waals surface area contributed by atoms with E-state index in [2.05, 4.69) is 112 Å². The summed E-state index contributed by atoms with van der Waals surface area (Å²) in [6, 6.07) is 23.1. The van der Waals surface area contributed by atoms with Gasteiger partial charge in [0.05, 0.1) is 0 Å². The largest absolute Gasteiger partial charge is 0.291 e. The summed E-state index contributed by atoms with van der Waals surface area (Å²) in [6.07, 6.45) is 5.27. The maximum atomic E-state index is 2.63. The molecule has 0 unspecified atom stereocenters. The lowest BCUT2D eigenvalue weighted by atomic mass is 9.99. The fraction of sp³-hybridized carbons (Fsp3) is 0.571. The second-order valence-electron chi connectivity index (χ2n) is 10.9. The van der Waals surface area contributed by atoms with Crippen LogP contribution in [0.3, 0.4) is 0 Å². The first-order valence-corrected chi connectivity index (χ1v) is 11.8. The van der Waals surface area contributed by atoms with Crippen LogP contribution >= 0.6 is 0 Å². The average molecular weight is 407 g/mol. The van der Waals surface area contributed by atoms with E-state index in [1.807, 2.05) is 0 Å². The zero-order valence-electron chi connectivity index (χ0n) is 20.1. The smallest absolute Gasteiger partial charge is 0.0353 e. The Labute approximate surface area is 185 Å². The summed E-state index contributed by atoms with van der Waals surface area (Å²) in [7, 11) is 0. The monoisotopic (exact) mass is 406 g/mol. The molecule has 0 amide bonds. The normalized spacial score (nSPS) is 23.3. The molecule has 0 N–H and O–H groups in total. The summed E-state index contributed by atoms with van der Waals surface area (Å²) in [6.45, 7) is 16.4. The van der Waals surface area contributed by atoms with Crippen LogP contribution in [0.1, 0.15) is 90.4 Å². The van der Waals surface area contributed by atoms with Gasteiger partial charge in [-0.15, -0.1) is 0 Å². The molecule has 0 aliphatic carbocycles. The van der Waals surface area contributed by atoms with E-state index in [0.29, 0.717) is 12.1 Å². The second-order valence-corrected chi connectivity index (χ2v) is 10.9. The Bertz CT molecular complexity index is 687. The van der Waals surface area contributed by atoms with Gasteiger partial charge in [0.1, 0.15) is 0 Å². The summed E-state index contributed by atoms with van der Waals surface area (Å²) in [5.74, 6) is 0. The fourth-order valence-corrected chi connectivity index (χ4v) is 5.18. The molecule has 2 heterocycles. The molecule has 2 heteroatoms. The highest BCUT2D eigenvalue weighted by atomic mass is 15.2. The molecule has 30 heavy (non-hydrogen) atoms. The van der Waals surface area contributed by atoms with Crippen LogP contribution in [-0.2, 0) is 0 Å². The Morgan fingerprint density at radius 3 is 1.20 bits per heavy atom. The van der Waals surface area contributed by atoms with Gasteiger partial charge in [-0.05, 0) is 91.4 Å². The summed E-state index contributed by atoms with van der Waals surface area (Å²) >= 11 is 0. The lowest BCUT2D eigenvalue weighted by molar-refractivity contribution is 0.121. The molecule has 2 aliphatic rings. The minimum atomic E-state index is 0.289. The van der Waals surface area contributed by atoms with E-state index in [4.69, 9.17) is 0 Å². The molecule has 0 saturated carbocycles. The van der Waals surface area contributed by atoms with Crippen molar-refractivity contribution in [2.75, 3.05) is 13.1 Å². The molecule has 164 valence electrons. The van der Waals surface area contributed by atoms with Gasteiger partial charge in [0.2, 0.25) is 0 Å². The van der Waals surface area contributed by atoms with E-state index in [0.717, 1.165) is 0 Å². The first-order valence-electron chi connectivity index (χ1n) is 11.8. The molecule has 2 saturated heterocycles. The first kappa shape index (κ1) is 23.0. The maximum absolute atomic E-state index is 2.63. The molecule has 2 aromatic rings. The van der Waals surface area contributed by atoms with Crippen LogP contribution in [0.5, 0.6) is 0 Å². The zero-order chi connectivity index (χ0) is 21.8. The second kappa shape index (κ2) is 9.66. The third kappa shape index (κ3) is 5.74. The minimum Gasteiger partial charge on any atom is -0.291 e. The Kier molecular flexibility index (Phi) is 7.42. The van der Waals surface area contributed by atoms with E-state index < -0.39 is 0 Å². The van der Waals surface area contributed by atoms with Crippen LogP contribution in [-0.4, -0.2) is 34.0 Å². The van der Waals surface area contributed by atoms with E-state index >= 15 is 0 Å². The van der Waals surface area contributed by atoms with Crippen molar-refractivity contribution in [3.8, 4) is 0 Å². The number of rotatable bonds is 2. The maximum Gasteiger partial charge on any atom is 0.0353 e. The van der Waals surface area contributed by atoms with Crippen LogP contribution in [0.2, 0.25) is 0 Å². The van der Waals surface area contributed by atoms with Crippen molar-refractivity contribution in [3.05, 3.63) is 71.8 Å². The van der Waals surface area contributed by atoms with Crippen molar-refractivity contribution in [1.82, 2.24) is 9.80 Å². The molecule has 2 aliphatic heterocycles. The molecule has 2 nitrogen and oxygen atoms in total. The van der Waals surface area contributed by atoms with Gasteiger partial charge in [-0.3, -0.25) is 9.80 Å². The first-order chi connectivity index (χ1) is 14.2. The Hall–Kier alpha value is -1.64. The highest BCUT2D eigenvalue weighted by molar-refractivity contribution is 5.21. The van der Waals surface area contributed by atoms with Crippen molar-refractivity contribution < 1.29 is 0 Å². The molecule has 2 atom stereocenters. The highest BCUT2D eigenvalue weighted by Crippen LogP contribution is 2.37. The quantitative estimate of drug-likeness (QED) is 0.518. The number of likely N-dealkylation sites (tertiary alicyclic amines) is 2. The van der Waals surface area contributed by atoms with E-state index in [-0.39, 0.29) is 11.1 Å². The molecule has 0 spiro atoms. The Morgan fingerprint density at radius 1 is 0.567 bits per heavy atom. The van der Waals surface area contributed by atoms with Gasteiger partial charge in [-0.2, -0.15) is 0 Å². The standard InChI is InChI=1S/2C14H21N/c2*1-14(2,3)15-11-7-10-13(15)12-8-5-4-6-9-12/h2*4-6,8-9,13H,7,10-11H2,1-3H3/t2*13-/m10/s1. The van der Waals surface area contributed by atoms with Crippen molar-refractivity contribution >= 4 is 0 Å². The van der Waals surface area contributed by atoms with Gasteiger partial charge in [0.25, 0.3) is 0 Å². The van der Waals surface area contributed by atoms with Gasteiger partial charge in [-0.1, -0.05) is 60.7 Å². The Morgan fingerprint density at radius 2 is 0.900 bits per heavy atom. The van der Waals surface area contributed by atoms with Crippen molar-refractivity contribution in [2.45, 2.75) is 90.4 Å². The number of nitrogens with zero attached hydrogens (tertiary/aromatic N) is 2. The summed E-state index contributed by atoms with van der Waals surface area (Å²) in [5, 5.41) is 0. The SMILES string of the molecule is CC(C)(C)N1CCC[C@@H]1c1ccccc1.CC(C)(C)N1CCC[C@H]1c1ccccc1. The van der Waals surface area contributed by atoms with Crippen LogP contribution in [0.25, 0.3) is 0 Å². The van der Waals surface area contributed by atoms with E-state index in [9.17, 15) is 0 Å². The topological polar surface area (TPSA) is 6.48 Å². The van der Waals surface area contributed by atoms with Gasteiger partial charge >= 0.3 is 0 Å². The fourth-order valence-electron chi connectivity index (χ4n) is 5.18. The predicted octanol–water partition coefficient (Wildman–Crippen LogP) is 7.24. The van der Waals surface area contributed by atoms with Gasteiger partial charge in [0, 0.05) is 23.2 Å². The summed E-state index contributed by atoms with van der Waals surface area (Å²) in [5.41, 5.74) is 3.53. The molecule has 0 aromatic heterocycles. The van der Waals surface area contributed by atoms with E-state index in [1.54, 1.807) is 0 Å². The van der Waals surface area contributed by atoms with Crippen molar-refractivity contribution in [2.24, 2.45) is 0 Å². The lowest BCUT2D eigenvalue weighted by Crippen LogP contribution is -2.40. The summed E-state index contributed by atoms with van der Waals surface area (Å²) < 4.78 is 0. The zero-order valence-corrected chi connectivity index (χ0v) is 20.1. The minimum absolute atomic E-state index is 0.289. The molecular formula is C28H42N2. The molecule has 0 radical (unpaired) electrons.